The molecule has 1 heterocycles. The SMILES string of the molecule is COc1cc(CN2CCCC(C)(C)C2)ccc1CN. The van der Waals surface area contributed by atoms with E-state index in [4.69, 9.17) is 10.5 Å². The van der Waals surface area contributed by atoms with Crippen molar-refractivity contribution in [2.45, 2.75) is 39.8 Å². The van der Waals surface area contributed by atoms with Crippen molar-refractivity contribution in [3.63, 3.8) is 0 Å². The number of ether oxygens (including phenoxy) is 1. The molecule has 0 aliphatic carbocycles. The molecule has 0 aromatic heterocycles. The van der Waals surface area contributed by atoms with Crippen molar-refractivity contribution in [2.24, 2.45) is 11.1 Å². The average Bonchev–Trinajstić information content (AvgIpc) is 2.37. The number of nitrogens with zero attached hydrogens (tertiary/aromatic N) is 1. The zero-order valence-corrected chi connectivity index (χ0v) is 12.4. The molecule has 0 amide bonds. The predicted molar refractivity (Wildman–Crippen MR) is 79.2 cm³/mol. The highest BCUT2D eigenvalue weighted by Crippen LogP contribution is 2.29. The van der Waals surface area contributed by atoms with Gasteiger partial charge in [-0.2, -0.15) is 0 Å². The third kappa shape index (κ3) is 3.71. The summed E-state index contributed by atoms with van der Waals surface area (Å²) >= 11 is 0. The lowest BCUT2D eigenvalue weighted by molar-refractivity contribution is 0.111. The van der Waals surface area contributed by atoms with Crippen LogP contribution in [-0.4, -0.2) is 25.1 Å². The first kappa shape index (κ1) is 14.4. The Kier molecular flexibility index (Phi) is 4.48. The molecular formula is C16H26N2O. The van der Waals surface area contributed by atoms with E-state index in [1.54, 1.807) is 7.11 Å². The molecule has 19 heavy (non-hydrogen) atoms. The van der Waals surface area contributed by atoms with Crippen LogP contribution in [0.3, 0.4) is 0 Å². The Morgan fingerprint density at radius 3 is 2.79 bits per heavy atom. The van der Waals surface area contributed by atoms with Crippen LogP contribution in [0, 0.1) is 5.41 Å². The smallest absolute Gasteiger partial charge is 0.123 e. The van der Waals surface area contributed by atoms with Gasteiger partial charge in [-0.3, -0.25) is 4.90 Å². The fourth-order valence-corrected chi connectivity index (χ4v) is 2.99. The maximum atomic E-state index is 5.71. The minimum atomic E-state index is 0.444. The summed E-state index contributed by atoms with van der Waals surface area (Å²) in [5, 5.41) is 0. The van der Waals surface area contributed by atoms with E-state index in [-0.39, 0.29) is 0 Å². The van der Waals surface area contributed by atoms with E-state index in [2.05, 4.69) is 36.9 Å². The van der Waals surface area contributed by atoms with Gasteiger partial charge in [0.2, 0.25) is 0 Å². The molecule has 0 saturated carbocycles. The van der Waals surface area contributed by atoms with Crippen molar-refractivity contribution in [2.75, 3.05) is 20.2 Å². The number of hydrogen-bond donors (Lipinski definition) is 1. The van der Waals surface area contributed by atoms with Crippen LogP contribution in [0.25, 0.3) is 0 Å². The summed E-state index contributed by atoms with van der Waals surface area (Å²) in [5.41, 5.74) is 8.54. The maximum absolute atomic E-state index is 5.71. The van der Waals surface area contributed by atoms with Crippen LogP contribution in [0.4, 0.5) is 0 Å². The standard InChI is InChI=1S/C16H26N2O/c1-16(2)7-4-8-18(12-16)11-13-5-6-14(10-17)15(9-13)19-3/h5-6,9H,4,7-8,10-12,17H2,1-3H3. The molecule has 1 aromatic carbocycles. The predicted octanol–water partition coefficient (Wildman–Crippen LogP) is 2.78. The van der Waals surface area contributed by atoms with Gasteiger partial charge in [0.1, 0.15) is 5.75 Å². The molecule has 2 N–H and O–H groups in total. The number of hydrogen-bond acceptors (Lipinski definition) is 3. The lowest BCUT2D eigenvalue weighted by Gasteiger charge is -2.38. The second-order valence-corrected chi connectivity index (χ2v) is 6.33. The van der Waals surface area contributed by atoms with Crippen molar-refractivity contribution in [1.82, 2.24) is 4.90 Å². The van der Waals surface area contributed by atoms with Gasteiger partial charge in [-0.25, -0.2) is 0 Å². The molecule has 1 fully saturated rings. The van der Waals surface area contributed by atoms with Crippen LogP contribution in [-0.2, 0) is 13.1 Å². The van der Waals surface area contributed by atoms with E-state index in [0.717, 1.165) is 17.9 Å². The lowest BCUT2D eigenvalue weighted by Crippen LogP contribution is -2.39. The summed E-state index contributed by atoms with van der Waals surface area (Å²) in [7, 11) is 1.71. The van der Waals surface area contributed by atoms with E-state index in [1.165, 1.54) is 31.5 Å². The third-order valence-corrected chi connectivity index (χ3v) is 3.96. The highest BCUT2D eigenvalue weighted by Gasteiger charge is 2.26. The average molecular weight is 262 g/mol. The van der Waals surface area contributed by atoms with Crippen LogP contribution in [0.15, 0.2) is 18.2 Å². The van der Waals surface area contributed by atoms with E-state index in [0.29, 0.717) is 12.0 Å². The summed E-state index contributed by atoms with van der Waals surface area (Å²) in [6.45, 7) is 8.62. The Hall–Kier alpha value is -1.06. The molecule has 3 heteroatoms. The molecular weight excluding hydrogens is 236 g/mol. The van der Waals surface area contributed by atoms with E-state index in [9.17, 15) is 0 Å². The number of likely N-dealkylation sites (tertiary alicyclic amines) is 1. The Morgan fingerprint density at radius 1 is 1.37 bits per heavy atom. The molecule has 0 spiro atoms. The van der Waals surface area contributed by atoms with E-state index < -0.39 is 0 Å². The molecule has 1 aliphatic rings. The topological polar surface area (TPSA) is 38.5 Å². The Morgan fingerprint density at radius 2 is 2.16 bits per heavy atom. The first-order valence-electron chi connectivity index (χ1n) is 7.12. The largest absolute Gasteiger partial charge is 0.496 e. The molecule has 3 nitrogen and oxygen atoms in total. The summed E-state index contributed by atoms with van der Waals surface area (Å²) in [6, 6.07) is 6.39. The minimum Gasteiger partial charge on any atom is -0.496 e. The zero-order valence-electron chi connectivity index (χ0n) is 12.4. The van der Waals surface area contributed by atoms with Crippen molar-refractivity contribution in [3.8, 4) is 5.75 Å². The summed E-state index contributed by atoms with van der Waals surface area (Å²) in [6.07, 6.45) is 2.63. The fraction of sp³-hybridized carbons (Fsp3) is 0.625. The van der Waals surface area contributed by atoms with Crippen LogP contribution >= 0.6 is 0 Å². The molecule has 0 unspecified atom stereocenters. The van der Waals surface area contributed by atoms with Crippen molar-refractivity contribution in [3.05, 3.63) is 29.3 Å². The van der Waals surface area contributed by atoms with Crippen molar-refractivity contribution < 1.29 is 4.74 Å². The fourth-order valence-electron chi connectivity index (χ4n) is 2.99. The molecule has 1 aliphatic heterocycles. The molecule has 106 valence electrons. The maximum Gasteiger partial charge on any atom is 0.123 e. The number of nitrogens with two attached hydrogens (primary N) is 1. The molecule has 0 atom stereocenters. The molecule has 1 saturated heterocycles. The van der Waals surface area contributed by atoms with Gasteiger partial charge in [-0.1, -0.05) is 26.0 Å². The van der Waals surface area contributed by atoms with Gasteiger partial charge in [0.05, 0.1) is 7.11 Å². The first-order valence-corrected chi connectivity index (χ1v) is 7.12. The molecule has 1 aromatic rings. The second-order valence-electron chi connectivity index (χ2n) is 6.33. The lowest BCUT2D eigenvalue weighted by atomic mass is 9.84. The van der Waals surface area contributed by atoms with E-state index in [1.807, 2.05) is 0 Å². The van der Waals surface area contributed by atoms with Gasteiger partial charge in [-0.15, -0.1) is 0 Å². The number of rotatable bonds is 4. The van der Waals surface area contributed by atoms with Crippen molar-refractivity contribution >= 4 is 0 Å². The molecule has 0 bridgehead atoms. The summed E-state index contributed by atoms with van der Waals surface area (Å²) in [5.74, 6) is 0.913. The first-order chi connectivity index (χ1) is 9.04. The van der Waals surface area contributed by atoms with Gasteiger partial charge in [-0.05, 0) is 36.4 Å². The molecule has 2 rings (SSSR count). The van der Waals surface area contributed by atoms with Gasteiger partial charge < -0.3 is 10.5 Å². The van der Waals surface area contributed by atoms with Gasteiger partial charge in [0, 0.05) is 25.2 Å². The number of methoxy groups -OCH3 is 1. The van der Waals surface area contributed by atoms with Gasteiger partial charge >= 0.3 is 0 Å². The van der Waals surface area contributed by atoms with Gasteiger partial charge in [0.15, 0.2) is 0 Å². The Balaban J connectivity index is 2.06. The molecule has 0 radical (unpaired) electrons. The minimum absolute atomic E-state index is 0.444. The number of benzene rings is 1. The number of piperidine rings is 1. The second kappa shape index (κ2) is 5.93. The monoisotopic (exact) mass is 262 g/mol. The quantitative estimate of drug-likeness (QED) is 0.907. The van der Waals surface area contributed by atoms with E-state index >= 15 is 0 Å². The zero-order chi connectivity index (χ0) is 13.9. The van der Waals surface area contributed by atoms with Crippen LogP contribution in [0.5, 0.6) is 5.75 Å². The van der Waals surface area contributed by atoms with Gasteiger partial charge in [0.25, 0.3) is 0 Å². The summed E-state index contributed by atoms with van der Waals surface area (Å²) in [4.78, 5) is 2.54. The highest BCUT2D eigenvalue weighted by molar-refractivity contribution is 5.37. The van der Waals surface area contributed by atoms with Crippen LogP contribution < -0.4 is 10.5 Å². The summed E-state index contributed by atoms with van der Waals surface area (Å²) < 4.78 is 5.41. The highest BCUT2D eigenvalue weighted by atomic mass is 16.5. The third-order valence-electron chi connectivity index (χ3n) is 3.96. The van der Waals surface area contributed by atoms with Crippen LogP contribution in [0.1, 0.15) is 37.8 Å². The Bertz CT molecular complexity index is 429. The van der Waals surface area contributed by atoms with Crippen molar-refractivity contribution in [1.29, 1.82) is 0 Å². The Labute approximate surface area is 116 Å². The van der Waals surface area contributed by atoms with Crippen LogP contribution in [0.2, 0.25) is 0 Å². The normalized spacial score (nSPS) is 19.4.